The van der Waals surface area contributed by atoms with Crippen molar-refractivity contribution in [3.8, 4) is 67.3 Å². The van der Waals surface area contributed by atoms with Crippen molar-refractivity contribution in [2.75, 3.05) is 0 Å². The largest absolute Gasteiger partial charge is 0.228 e. The molecule has 0 radical (unpaired) electrons. The van der Waals surface area contributed by atoms with Crippen LogP contribution in [0.3, 0.4) is 0 Å². The van der Waals surface area contributed by atoms with E-state index in [0.29, 0.717) is 0 Å². The summed E-state index contributed by atoms with van der Waals surface area (Å²) in [5, 5.41) is 5.16. The van der Waals surface area contributed by atoms with Crippen LogP contribution < -0.4 is 0 Å². The maximum Gasteiger partial charge on any atom is 0.160 e. The Morgan fingerprint density at radius 1 is 0.393 bits per heavy atom. The lowest BCUT2D eigenvalue weighted by Crippen LogP contribution is -2.14. The zero-order valence-electron chi connectivity index (χ0n) is 31.1. The van der Waals surface area contributed by atoms with Gasteiger partial charge in [-0.15, -0.1) is 11.3 Å². The first kappa shape index (κ1) is 32.7. The third-order valence-electron chi connectivity index (χ3n) is 11.7. The van der Waals surface area contributed by atoms with Crippen LogP contribution in [0.4, 0.5) is 0 Å². The summed E-state index contributed by atoms with van der Waals surface area (Å²) in [4.78, 5) is 10.5. The van der Waals surface area contributed by atoms with Crippen molar-refractivity contribution in [1.29, 1.82) is 0 Å². The van der Waals surface area contributed by atoms with Crippen molar-refractivity contribution >= 4 is 42.3 Å². The van der Waals surface area contributed by atoms with Gasteiger partial charge in [0.2, 0.25) is 0 Å². The van der Waals surface area contributed by atoms with Gasteiger partial charge in [-0.3, -0.25) is 0 Å². The Kier molecular flexibility index (Phi) is 7.42. The third-order valence-corrected chi connectivity index (χ3v) is 12.8. The first-order valence-corrected chi connectivity index (χ1v) is 20.0. The van der Waals surface area contributed by atoms with Crippen LogP contribution in [0.25, 0.3) is 98.2 Å². The van der Waals surface area contributed by atoms with Gasteiger partial charge in [0.05, 0.1) is 11.4 Å². The van der Waals surface area contributed by atoms with Gasteiger partial charge in [0.15, 0.2) is 5.82 Å². The lowest BCUT2D eigenvalue weighted by molar-refractivity contribution is 0.661. The van der Waals surface area contributed by atoms with E-state index in [2.05, 4.69) is 190 Å². The summed E-state index contributed by atoms with van der Waals surface area (Å²) < 4.78 is 2.65. The van der Waals surface area contributed by atoms with E-state index in [-0.39, 0.29) is 5.41 Å². The first-order chi connectivity index (χ1) is 27.5. The Labute approximate surface area is 330 Å². The van der Waals surface area contributed by atoms with Gasteiger partial charge in [0, 0.05) is 42.3 Å². The number of benzene rings is 8. The average Bonchev–Trinajstić information content (AvgIpc) is 3.74. The van der Waals surface area contributed by atoms with Crippen molar-refractivity contribution in [3.05, 3.63) is 193 Å². The SMILES string of the molecule is CC1(C)c2cc3ccccc3cc2-c2c(-c3cc(-c4ccc(-c5cccc(-c6ccc7sc8ccccc8c7c6)c5)cc4)nc(-c4ccccc4)n3)cccc21. The number of thiophene rings is 1. The minimum absolute atomic E-state index is 0.138. The predicted molar refractivity (Wildman–Crippen MR) is 237 cm³/mol. The molecular weight excluding hydrogens is 697 g/mol. The molecule has 0 saturated heterocycles. The fourth-order valence-corrected chi connectivity index (χ4v) is 9.84. The van der Waals surface area contributed by atoms with Crippen LogP contribution >= 0.6 is 11.3 Å². The number of rotatable bonds is 5. The molecule has 2 nitrogen and oxygen atoms in total. The van der Waals surface area contributed by atoms with Crippen LogP contribution in [-0.2, 0) is 5.41 Å². The molecule has 0 aliphatic heterocycles. The van der Waals surface area contributed by atoms with Crippen molar-refractivity contribution in [1.82, 2.24) is 9.97 Å². The van der Waals surface area contributed by atoms with Gasteiger partial charge in [-0.25, -0.2) is 9.97 Å². The minimum atomic E-state index is -0.138. The molecule has 56 heavy (non-hydrogen) atoms. The van der Waals surface area contributed by atoms with E-state index in [4.69, 9.17) is 9.97 Å². The summed E-state index contributed by atoms with van der Waals surface area (Å²) in [5.74, 6) is 0.721. The predicted octanol–water partition coefficient (Wildman–Crippen LogP) is 14.6. The van der Waals surface area contributed by atoms with Gasteiger partial charge < -0.3 is 0 Å². The normalized spacial score (nSPS) is 13.0. The summed E-state index contributed by atoms with van der Waals surface area (Å²) >= 11 is 1.86. The molecule has 0 fully saturated rings. The lowest BCUT2D eigenvalue weighted by atomic mass is 9.81. The second-order valence-corrected chi connectivity index (χ2v) is 16.5. The zero-order chi connectivity index (χ0) is 37.4. The van der Waals surface area contributed by atoms with Crippen molar-refractivity contribution in [2.45, 2.75) is 19.3 Å². The van der Waals surface area contributed by atoms with E-state index >= 15 is 0 Å². The fourth-order valence-electron chi connectivity index (χ4n) is 8.75. The van der Waals surface area contributed by atoms with Crippen LogP contribution in [-0.4, -0.2) is 9.97 Å². The molecule has 1 aliphatic carbocycles. The Hall–Kier alpha value is -6.68. The molecule has 264 valence electrons. The highest BCUT2D eigenvalue weighted by Gasteiger charge is 2.37. The average molecular weight is 733 g/mol. The molecule has 0 amide bonds. The van der Waals surface area contributed by atoms with E-state index in [1.165, 1.54) is 75.5 Å². The number of fused-ring (bicyclic) bond motifs is 7. The molecular formula is C53H36N2S. The number of aromatic nitrogens is 2. The van der Waals surface area contributed by atoms with Gasteiger partial charge >= 0.3 is 0 Å². The van der Waals surface area contributed by atoms with E-state index < -0.39 is 0 Å². The van der Waals surface area contributed by atoms with Crippen LogP contribution in [0.15, 0.2) is 182 Å². The zero-order valence-corrected chi connectivity index (χ0v) is 31.9. The second-order valence-electron chi connectivity index (χ2n) is 15.4. The van der Waals surface area contributed by atoms with Crippen molar-refractivity contribution in [3.63, 3.8) is 0 Å². The topological polar surface area (TPSA) is 25.8 Å². The van der Waals surface area contributed by atoms with Crippen LogP contribution in [0, 0.1) is 0 Å². The van der Waals surface area contributed by atoms with Gasteiger partial charge in [-0.1, -0.05) is 153 Å². The molecule has 0 atom stereocenters. The monoisotopic (exact) mass is 732 g/mol. The van der Waals surface area contributed by atoms with E-state index in [0.717, 1.165) is 33.9 Å². The molecule has 0 saturated carbocycles. The highest BCUT2D eigenvalue weighted by atomic mass is 32.1. The molecule has 0 bridgehead atoms. The van der Waals surface area contributed by atoms with Crippen LogP contribution in [0.1, 0.15) is 25.0 Å². The van der Waals surface area contributed by atoms with Gasteiger partial charge in [-0.05, 0) is 97.7 Å². The third kappa shape index (κ3) is 5.31. The Bertz CT molecular complexity index is 3150. The van der Waals surface area contributed by atoms with E-state index in [1.54, 1.807) is 0 Å². The smallest absolute Gasteiger partial charge is 0.160 e. The molecule has 0 spiro atoms. The summed E-state index contributed by atoms with van der Waals surface area (Å²) in [6.45, 7) is 4.69. The van der Waals surface area contributed by atoms with Crippen LogP contribution in [0.5, 0.6) is 0 Å². The molecule has 0 unspecified atom stereocenters. The highest BCUT2D eigenvalue weighted by Crippen LogP contribution is 2.53. The maximum atomic E-state index is 5.29. The fraction of sp³-hybridized carbons (Fsp3) is 0.0566. The molecule has 3 heteroatoms. The van der Waals surface area contributed by atoms with Crippen molar-refractivity contribution < 1.29 is 0 Å². The Balaban J connectivity index is 1.00. The minimum Gasteiger partial charge on any atom is -0.228 e. The molecule has 0 N–H and O–H groups in total. The lowest BCUT2D eigenvalue weighted by Gasteiger charge is -2.22. The maximum absolute atomic E-state index is 5.29. The molecule has 2 aromatic heterocycles. The number of hydrogen-bond donors (Lipinski definition) is 0. The first-order valence-electron chi connectivity index (χ1n) is 19.2. The standard InChI is InChI=1S/C53H36N2S/c1-53(2)45-20-11-19-42(51(45)44-30-38-14-6-7-15-39(38)31-46(44)53)48-32-47(54-52(55-48)35-12-4-3-5-13-35)34-24-22-33(23-25-34)36-16-10-17-37(28-36)40-26-27-50-43(29-40)41-18-8-9-21-49(41)56-50/h3-32H,1-2H3. The highest BCUT2D eigenvalue weighted by molar-refractivity contribution is 7.25. The molecule has 8 aromatic carbocycles. The van der Waals surface area contributed by atoms with Gasteiger partial charge in [-0.2, -0.15) is 0 Å². The Morgan fingerprint density at radius 2 is 1.02 bits per heavy atom. The van der Waals surface area contributed by atoms with Crippen LogP contribution in [0.2, 0.25) is 0 Å². The number of hydrogen-bond acceptors (Lipinski definition) is 3. The summed E-state index contributed by atoms with van der Waals surface area (Å²) in [6, 6.07) is 65.9. The van der Waals surface area contributed by atoms with Gasteiger partial charge in [0.1, 0.15) is 0 Å². The summed E-state index contributed by atoms with van der Waals surface area (Å²) in [5.41, 5.74) is 14.9. The number of nitrogens with zero attached hydrogens (tertiary/aromatic N) is 2. The quantitative estimate of drug-likeness (QED) is 0.176. The molecule has 2 heterocycles. The summed E-state index contributed by atoms with van der Waals surface area (Å²) in [7, 11) is 0. The second kappa shape index (κ2) is 12.7. The molecule has 10 aromatic rings. The molecule has 1 aliphatic rings. The summed E-state index contributed by atoms with van der Waals surface area (Å²) in [6.07, 6.45) is 0. The van der Waals surface area contributed by atoms with E-state index in [9.17, 15) is 0 Å². The van der Waals surface area contributed by atoms with E-state index in [1.807, 2.05) is 17.4 Å². The Morgan fingerprint density at radius 3 is 1.86 bits per heavy atom. The van der Waals surface area contributed by atoms with Gasteiger partial charge in [0.25, 0.3) is 0 Å². The molecule has 11 rings (SSSR count). The van der Waals surface area contributed by atoms with Crippen molar-refractivity contribution in [2.24, 2.45) is 0 Å².